The minimum absolute atomic E-state index is 0.0113. The lowest BCUT2D eigenvalue weighted by atomic mass is 10.1. The molecule has 3 aromatic heterocycles. The van der Waals surface area contributed by atoms with Gasteiger partial charge in [0, 0.05) is 30.1 Å². The van der Waals surface area contributed by atoms with E-state index in [-0.39, 0.29) is 23.1 Å². The Labute approximate surface area is 209 Å². The molecule has 4 aromatic rings. The molecule has 0 spiro atoms. The summed E-state index contributed by atoms with van der Waals surface area (Å²) >= 11 is 6.46. The maximum atomic E-state index is 13.3. The fraction of sp³-hybridized carbons (Fsp3) is 0.259. The molecule has 0 aliphatic rings. The fourth-order valence-electron chi connectivity index (χ4n) is 3.71. The predicted molar refractivity (Wildman–Crippen MR) is 137 cm³/mol. The Balaban J connectivity index is 1.68. The van der Waals surface area contributed by atoms with Crippen molar-refractivity contribution in [3.05, 3.63) is 92.9 Å². The number of benzene rings is 1. The Morgan fingerprint density at radius 3 is 2.63 bits per heavy atom. The molecule has 0 fully saturated rings. The molecule has 0 amide bonds. The third kappa shape index (κ3) is 5.20. The molecular formula is C27H27ClN4O3. The van der Waals surface area contributed by atoms with Crippen LogP contribution in [0.15, 0.2) is 59.7 Å². The molecule has 8 heteroatoms. The van der Waals surface area contributed by atoms with Gasteiger partial charge in [-0.2, -0.15) is 0 Å². The minimum atomic E-state index is -0.369. The highest BCUT2D eigenvalue weighted by Crippen LogP contribution is 2.27. The normalized spacial score (nSPS) is 11.1. The van der Waals surface area contributed by atoms with E-state index in [1.54, 1.807) is 36.2 Å². The molecule has 0 unspecified atom stereocenters. The van der Waals surface area contributed by atoms with Gasteiger partial charge in [-0.05, 0) is 49.2 Å². The molecular weight excluding hydrogens is 464 g/mol. The lowest BCUT2D eigenvalue weighted by Crippen LogP contribution is -2.22. The Morgan fingerprint density at radius 1 is 1.09 bits per heavy atom. The Morgan fingerprint density at radius 2 is 1.89 bits per heavy atom. The zero-order valence-electron chi connectivity index (χ0n) is 20.4. The lowest BCUT2D eigenvalue weighted by Gasteiger charge is -2.15. The SMILES string of the molecule is COc1cccc(COc2cc(C)n(-c3ccnc(-c4nc(C(C)C)ncc4C)c3)c(=O)c2Cl)c1. The molecule has 0 aliphatic heterocycles. The fourth-order valence-corrected chi connectivity index (χ4v) is 3.91. The van der Waals surface area contributed by atoms with Crippen LogP contribution in [-0.4, -0.2) is 26.6 Å². The van der Waals surface area contributed by atoms with Gasteiger partial charge < -0.3 is 9.47 Å². The van der Waals surface area contributed by atoms with E-state index in [9.17, 15) is 4.79 Å². The molecule has 0 saturated carbocycles. The van der Waals surface area contributed by atoms with E-state index >= 15 is 0 Å². The van der Waals surface area contributed by atoms with Crippen molar-refractivity contribution in [3.63, 3.8) is 0 Å². The van der Waals surface area contributed by atoms with Gasteiger partial charge in [0.2, 0.25) is 0 Å². The van der Waals surface area contributed by atoms with E-state index in [2.05, 4.69) is 9.97 Å². The van der Waals surface area contributed by atoms with E-state index in [1.165, 1.54) is 0 Å². The summed E-state index contributed by atoms with van der Waals surface area (Å²) in [7, 11) is 1.61. The molecule has 0 saturated heterocycles. The zero-order valence-corrected chi connectivity index (χ0v) is 21.1. The second-order valence-corrected chi connectivity index (χ2v) is 8.94. The molecule has 0 bridgehead atoms. The summed E-state index contributed by atoms with van der Waals surface area (Å²) in [4.78, 5) is 26.9. The molecule has 1 aromatic carbocycles. The largest absolute Gasteiger partial charge is 0.497 e. The van der Waals surface area contributed by atoms with Gasteiger partial charge in [0.15, 0.2) is 0 Å². The number of aromatic nitrogens is 4. The van der Waals surface area contributed by atoms with Gasteiger partial charge in [0.05, 0.1) is 24.2 Å². The van der Waals surface area contributed by atoms with Crippen LogP contribution in [0.1, 0.15) is 42.4 Å². The summed E-state index contributed by atoms with van der Waals surface area (Å²) in [5.74, 6) is 1.99. The van der Waals surface area contributed by atoms with Crippen LogP contribution in [0, 0.1) is 13.8 Å². The first-order valence-corrected chi connectivity index (χ1v) is 11.6. The van der Waals surface area contributed by atoms with Crippen molar-refractivity contribution in [2.75, 3.05) is 7.11 Å². The molecule has 3 heterocycles. The Hall–Kier alpha value is -3.71. The molecule has 0 N–H and O–H groups in total. The quantitative estimate of drug-likeness (QED) is 0.332. The third-order valence-electron chi connectivity index (χ3n) is 5.58. The van der Waals surface area contributed by atoms with Crippen molar-refractivity contribution in [2.24, 2.45) is 0 Å². The molecule has 4 rings (SSSR count). The maximum absolute atomic E-state index is 13.3. The number of ether oxygens (including phenoxy) is 2. The average molecular weight is 491 g/mol. The second kappa shape index (κ2) is 10.3. The number of halogens is 1. The smallest absolute Gasteiger partial charge is 0.277 e. The summed E-state index contributed by atoms with van der Waals surface area (Å²) in [5, 5.41) is 0.0113. The average Bonchev–Trinajstić information content (AvgIpc) is 2.86. The van der Waals surface area contributed by atoms with Gasteiger partial charge in [-0.3, -0.25) is 14.3 Å². The van der Waals surface area contributed by atoms with E-state index in [1.807, 2.05) is 58.0 Å². The number of aryl methyl sites for hydroxylation is 2. The monoisotopic (exact) mass is 490 g/mol. The van der Waals surface area contributed by atoms with Crippen LogP contribution in [0.5, 0.6) is 11.5 Å². The second-order valence-electron chi connectivity index (χ2n) is 8.56. The molecule has 0 radical (unpaired) electrons. The molecule has 7 nitrogen and oxygen atoms in total. The zero-order chi connectivity index (χ0) is 25.1. The molecule has 0 atom stereocenters. The van der Waals surface area contributed by atoms with E-state index in [0.29, 0.717) is 22.8 Å². The summed E-state index contributed by atoms with van der Waals surface area (Å²) in [6.07, 6.45) is 3.46. The first-order chi connectivity index (χ1) is 16.8. The molecule has 0 aliphatic carbocycles. The van der Waals surface area contributed by atoms with Gasteiger partial charge in [-0.15, -0.1) is 0 Å². The lowest BCUT2D eigenvalue weighted by molar-refractivity contribution is 0.304. The first-order valence-electron chi connectivity index (χ1n) is 11.3. The number of rotatable bonds is 7. The van der Waals surface area contributed by atoms with Crippen molar-refractivity contribution < 1.29 is 9.47 Å². The van der Waals surface area contributed by atoms with Crippen LogP contribution in [0.4, 0.5) is 0 Å². The maximum Gasteiger partial charge on any atom is 0.277 e. The standard InChI is InChI=1S/C27H27ClN4O3/c1-16(2)26-30-14-17(3)25(31-26)22-13-20(9-10-29-22)32-18(4)11-23(24(28)27(32)33)35-15-19-7-6-8-21(12-19)34-5/h6-14,16H,15H2,1-5H3. The Bertz CT molecular complexity index is 1430. The summed E-state index contributed by atoms with van der Waals surface area (Å²) in [6.45, 7) is 8.12. The van der Waals surface area contributed by atoms with Crippen molar-refractivity contribution in [1.29, 1.82) is 0 Å². The number of nitrogens with zero attached hydrogens (tertiary/aromatic N) is 4. The molecule has 180 valence electrons. The minimum Gasteiger partial charge on any atom is -0.497 e. The van der Waals surface area contributed by atoms with Gasteiger partial charge in [0.25, 0.3) is 5.56 Å². The highest BCUT2D eigenvalue weighted by molar-refractivity contribution is 6.31. The van der Waals surface area contributed by atoms with Crippen LogP contribution in [-0.2, 0) is 6.61 Å². The summed E-state index contributed by atoms with van der Waals surface area (Å²) in [5.41, 5.74) is 4.16. The van der Waals surface area contributed by atoms with Gasteiger partial charge in [-0.1, -0.05) is 37.6 Å². The highest BCUT2D eigenvalue weighted by atomic mass is 35.5. The summed E-state index contributed by atoms with van der Waals surface area (Å²) in [6, 6.07) is 12.9. The van der Waals surface area contributed by atoms with Crippen molar-refractivity contribution >= 4 is 11.6 Å². The predicted octanol–water partition coefficient (Wildman–Crippen LogP) is 5.67. The van der Waals surface area contributed by atoms with E-state index < -0.39 is 0 Å². The van der Waals surface area contributed by atoms with Gasteiger partial charge >= 0.3 is 0 Å². The van der Waals surface area contributed by atoms with Gasteiger partial charge in [0.1, 0.15) is 29.0 Å². The van der Waals surface area contributed by atoms with Crippen LogP contribution >= 0.6 is 11.6 Å². The number of pyridine rings is 2. The third-order valence-corrected chi connectivity index (χ3v) is 5.93. The van der Waals surface area contributed by atoms with Crippen LogP contribution in [0.25, 0.3) is 17.1 Å². The number of hydrogen-bond acceptors (Lipinski definition) is 6. The van der Waals surface area contributed by atoms with Crippen molar-refractivity contribution in [2.45, 2.75) is 40.2 Å². The number of methoxy groups -OCH3 is 1. The summed E-state index contributed by atoms with van der Waals surface area (Å²) < 4.78 is 12.7. The van der Waals surface area contributed by atoms with Crippen molar-refractivity contribution in [1.82, 2.24) is 19.5 Å². The van der Waals surface area contributed by atoms with Crippen LogP contribution in [0.2, 0.25) is 5.02 Å². The topological polar surface area (TPSA) is 79.1 Å². The van der Waals surface area contributed by atoms with E-state index in [0.717, 1.165) is 28.4 Å². The Kier molecular flexibility index (Phi) is 7.17. The van der Waals surface area contributed by atoms with Gasteiger partial charge in [-0.25, -0.2) is 9.97 Å². The molecule has 35 heavy (non-hydrogen) atoms. The van der Waals surface area contributed by atoms with Crippen LogP contribution < -0.4 is 15.0 Å². The van der Waals surface area contributed by atoms with E-state index in [4.69, 9.17) is 26.1 Å². The highest BCUT2D eigenvalue weighted by Gasteiger charge is 2.16. The number of hydrogen-bond donors (Lipinski definition) is 0. The first kappa shape index (κ1) is 24.4. The van der Waals surface area contributed by atoms with Crippen molar-refractivity contribution in [3.8, 4) is 28.6 Å². The van der Waals surface area contributed by atoms with Crippen LogP contribution in [0.3, 0.4) is 0 Å².